The van der Waals surface area contributed by atoms with E-state index in [1.165, 1.54) is 0 Å². The maximum Gasteiger partial charge on any atom is 0.227 e. The fourth-order valence-corrected chi connectivity index (χ4v) is 4.76. The lowest BCUT2D eigenvalue weighted by Gasteiger charge is -2.32. The van der Waals surface area contributed by atoms with Crippen LogP contribution in [0.1, 0.15) is 24.6 Å². The van der Waals surface area contributed by atoms with Gasteiger partial charge in [-0.25, -0.2) is 15.0 Å². The average molecular weight is 422 g/mol. The van der Waals surface area contributed by atoms with E-state index in [0.717, 1.165) is 57.0 Å². The number of hydrogen-bond donors (Lipinski definition) is 0. The first-order chi connectivity index (χ1) is 15.7. The summed E-state index contributed by atoms with van der Waals surface area (Å²) < 4.78 is 6.39. The summed E-state index contributed by atoms with van der Waals surface area (Å²) in [6.07, 6.45) is 4.40. The summed E-state index contributed by atoms with van der Waals surface area (Å²) >= 11 is 0. The zero-order valence-electron chi connectivity index (χ0n) is 18.3. The Balaban J connectivity index is 1.64. The van der Waals surface area contributed by atoms with E-state index in [-0.39, 0.29) is 6.17 Å². The third kappa shape index (κ3) is 2.62. The molecule has 4 heterocycles. The highest BCUT2D eigenvalue weighted by molar-refractivity contribution is 6.09. The lowest BCUT2D eigenvalue weighted by Crippen LogP contribution is -2.38. The molecular weight excluding hydrogens is 398 g/mol. The molecule has 0 N–H and O–H groups in total. The van der Waals surface area contributed by atoms with Crippen LogP contribution < -0.4 is 9.80 Å². The van der Waals surface area contributed by atoms with Gasteiger partial charge in [0, 0.05) is 34.5 Å². The Hall–Kier alpha value is -3.93. The van der Waals surface area contributed by atoms with Crippen LogP contribution in [0.25, 0.3) is 22.1 Å². The molecule has 0 saturated heterocycles. The van der Waals surface area contributed by atoms with Gasteiger partial charge in [0.05, 0.1) is 5.69 Å². The number of fused-ring (bicyclic) bond motifs is 4. The Morgan fingerprint density at radius 2 is 1.56 bits per heavy atom. The molecule has 32 heavy (non-hydrogen) atoms. The van der Waals surface area contributed by atoms with Gasteiger partial charge in [-0.3, -0.25) is 4.90 Å². The minimum Gasteiger partial charge on any atom is -0.435 e. The molecule has 158 valence electrons. The molecule has 3 aromatic heterocycles. The molecule has 0 fully saturated rings. The number of para-hydroxylation sites is 1. The molecule has 0 amide bonds. The van der Waals surface area contributed by atoms with Crippen molar-refractivity contribution in [1.29, 1.82) is 0 Å². The van der Waals surface area contributed by atoms with Crippen LogP contribution in [0.2, 0.25) is 0 Å². The molecule has 2 aromatic carbocycles. The van der Waals surface area contributed by atoms with Crippen molar-refractivity contribution in [3.63, 3.8) is 0 Å². The van der Waals surface area contributed by atoms with Gasteiger partial charge in [-0.05, 0) is 50.1 Å². The van der Waals surface area contributed by atoms with Crippen LogP contribution in [-0.2, 0) is 0 Å². The number of rotatable bonds is 3. The summed E-state index contributed by atoms with van der Waals surface area (Å²) in [4.78, 5) is 18.7. The van der Waals surface area contributed by atoms with Gasteiger partial charge in [-0.1, -0.05) is 37.3 Å². The van der Waals surface area contributed by atoms with Gasteiger partial charge in [0.1, 0.15) is 6.17 Å². The van der Waals surface area contributed by atoms with Crippen molar-refractivity contribution in [2.75, 3.05) is 9.80 Å². The van der Waals surface area contributed by atoms with Crippen molar-refractivity contribution in [2.45, 2.75) is 33.4 Å². The molecule has 1 unspecified atom stereocenters. The Bertz CT molecular complexity index is 1460. The number of nitrogens with zero attached hydrogens (tertiary/aromatic N) is 5. The van der Waals surface area contributed by atoms with Gasteiger partial charge in [-0.2, -0.15) is 0 Å². The highest BCUT2D eigenvalue weighted by Crippen LogP contribution is 2.49. The van der Waals surface area contributed by atoms with E-state index in [1.54, 1.807) is 12.4 Å². The second kappa shape index (κ2) is 7.05. The zero-order chi connectivity index (χ0) is 21.8. The summed E-state index contributed by atoms with van der Waals surface area (Å²) in [5.74, 6) is 1.69. The van der Waals surface area contributed by atoms with E-state index in [1.807, 2.05) is 19.1 Å². The second-order valence-electron chi connectivity index (χ2n) is 8.18. The number of anilines is 4. The second-order valence-corrected chi connectivity index (χ2v) is 8.18. The first-order valence-corrected chi connectivity index (χ1v) is 10.9. The molecule has 6 nitrogen and oxygen atoms in total. The maximum atomic E-state index is 6.39. The third-order valence-corrected chi connectivity index (χ3v) is 6.17. The molecule has 0 radical (unpaired) electrons. The molecule has 1 atom stereocenters. The first-order valence-electron chi connectivity index (χ1n) is 10.9. The van der Waals surface area contributed by atoms with Crippen molar-refractivity contribution < 1.29 is 4.42 Å². The molecule has 0 saturated carbocycles. The average Bonchev–Trinajstić information content (AvgIpc) is 3.34. The van der Waals surface area contributed by atoms with Gasteiger partial charge >= 0.3 is 0 Å². The lowest BCUT2D eigenvalue weighted by atomic mass is 10.1. The minimum atomic E-state index is 0.0157. The van der Waals surface area contributed by atoms with E-state index >= 15 is 0 Å². The minimum absolute atomic E-state index is 0.0157. The molecule has 0 spiro atoms. The largest absolute Gasteiger partial charge is 0.435 e. The first kappa shape index (κ1) is 18.8. The fraction of sp³-hybridized carbons (Fsp3) is 0.192. The van der Waals surface area contributed by atoms with Crippen molar-refractivity contribution in [1.82, 2.24) is 15.0 Å². The smallest absolute Gasteiger partial charge is 0.227 e. The van der Waals surface area contributed by atoms with Gasteiger partial charge in [0.2, 0.25) is 5.71 Å². The summed E-state index contributed by atoms with van der Waals surface area (Å²) in [5.41, 5.74) is 5.68. The van der Waals surface area contributed by atoms with Crippen LogP contribution in [0.4, 0.5) is 23.0 Å². The zero-order valence-corrected chi connectivity index (χ0v) is 18.3. The normalized spacial score (nSPS) is 15.7. The van der Waals surface area contributed by atoms with E-state index < -0.39 is 0 Å². The van der Waals surface area contributed by atoms with Crippen LogP contribution in [0.5, 0.6) is 0 Å². The number of furan rings is 1. The SMILES string of the molecule is CCC1N(c2ccccc2)c2nccnc2N1c1c(C)ccc2c1oc1nc(C)ccc12. The van der Waals surface area contributed by atoms with Gasteiger partial charge in [0.25, 0.3) is 0 Å². The summed E-state index contributed by atoms with van der Waals surface area (Å²) in [5, 5.41) is 2.09. The van der Waals surface area contributed by atoms with E-state index in [9.17, 15) is 0 Å². The van der Waals surface area contributed by atoms with Crippen LogP contribution >= 0.6 is 0 Å². The fourth-order valence-electron chi connectivity index (χ4n) is 4.76. The molecule has 1 aliphatic rings. The third-order valence-electron chi connectivity index (χ3n) is 6.17. The van der Waals surface area contributed by atoms with Crippen LogP contribution in [0.15, 0.2) is 71.4 Å². The molecule has 6 heteroatoms. The van der Waals surface area contributed by atoms with Crippen molar-refractivity contribution >= 4 is 45.1 Å². The Kier molecular flexibility index (Phi) is 4.15. The van der Waals surface area contributed by atoms with Gasteiger partial charge in [-0.15, -0.1) is 0 Å². The van der Waals surface area contributed by atoms with Crippen LogP contribution in [-0.4, -0.2) is 21.1 Å². The Morgan fingerprint density at radius 1 is 0.844 bits per heavy atom. The van der Waals surface area contributed by atoms with Gasteiger partial charge < -0.3 is 9.32 Å². The predicted molar refractivity (Wildman–Crippen MR) is 128 cm³/mol. The summed E-state index contributed by atoms with van der Waals surface area (Å²) in [7, 11) is 0. The quantitative estimate of drug-likeness (QED) is 0.335. The number of aryl methyl sites for hydroxylation is 2. The molecular formula is C26H23N5O. The van der Waals surface area contributed by atoms with Crippen molar-refractivity contribution in [3.8, 4) is 0 Å². The number of pyridine rings is 1. The standard InChI is InChI=1S/C26H23N5O/c1-4-21-30(18-8-6-5-7-9-18)24-25(28-15-14-27-24)31(21)22-16(2)10-12-19-20-13-11-17(3)29-26(20)32-23(19)22/h5-15,21H,4H2,1-3H3. The lowest BCUT2D eigenvalue weighted by molar-refractivity contribution is 0.635. The van der Waals surface area contributed by atoms with Crippen LogP contribution in [0, 0.1) is 13.8 Å². The number of hydrogen-bond acceptors (Lipinski definition) is 6. The van der Waals surface area contributed by atoms with Crippen LogP contribution in [0.3, 0.4) is 0 Å². The molecule has 5 aromatic rings. The molecule has 0 bridgehead atoms. The van der Waals surface area contributed by atoms with E-state index in [4.69, 9.17) is 14.4 Å². The van der Waals surface area contributed by atoms with Gasteiger partial charge in [0.15, 0.2) is 17.2 Å². The Morgan fingerprint density at radius 3 is 2.31 bits per heavy atom. The monoisotopic (exact) mass is 421 g/mol. The van der Waals surface area contributed by atoms with Crippen molar-refractivity contribution in [3.05, 3.63) is 78.2 Å². The number of aromatic nitrogens is 3. The van der Waals surface area contributed by atoms with E-state index in [2.05, 4.69) is 71.1 Å². The number of benzene rings is 2. The summed E-state index contributed by atoms with van der Waals surface area (Å²) in [6, 6.07) is 18.8. The summed E-state index contributed by atoms with van der Waals surface area (Å²) in [6.45, 7) is 6.29. The highest BCUT2D eigenvalue weighted by Gasteiger charge is 2.40. The maximum absolute atomic E-state index is 6.39. The Labute approximate surface area is 186 Å². The molecule has 0 aliphatic carbocycles. The van der Waals surface area contributed by atoms with E-state index in [0.29, 0.717) is 5.71 Å². The topological polar surface area (TPSA) is 58.3 Å². The van der Waals surface area contributed by atoms with Crippen molar-refractivity contribution in [2.24, 2.45) is 0 Å². The highest BCUT2D eigenvalue weighted by atomic mass is 16.3. The molecule has 6 rings (SSSR count). The predicted octanol–water partition coefficient (Wildman–Crippen LogP) is 6.41. The molecule has 1 aliphatic heterocycles.